The van der Waals surface area contributed by atoms with Crippen molar-refractivity contribution < 1.29 is 9.47 Å². The summed E-state index contributed by atoms with van der Waals surface area (Å²) in [7, 11) is 0. The quantitative estimate of drug-likeness (QED) is 0.823. The lowest BCUT2D eigenvalue weighted by Gasteiger charge is -2.20. The first-order chi connectivity index (χ1) is 7.57. The van der Waals surface area contributed by atoms with Crippen molar-refractivity contribution in [2.75, 3.05) is 0 Å². The van der Waals surface area contributed by atoms with Crippen LogP contribution in [0.4, 0.5) is 0 Å². The molecule has 0 aromatic carbocycles. The second-order valence-corrected chi connectivity index (χ2v) is 4.12. The van der Waals surface area contributed by atoms with Gasteiger partial charge in [-0.15, -0.1) is 0 Å². The average molecular weight is 221 g/mol. The van der Waals surface area contributed by atoms with Gasteiger partial charge in [-0.1, -0.05) is 0 Å². The molecular formula is C11H15N3O2. The van der Waals surface area contributed by atoms with Crippen molar-refractivity contribution in [1.82, 2.24) is 9.97 Å². The average Bonchev–Trinajstić information content (AvgIpc) is 2.60. The highest BCUT2D eigenvalue weighted by Crippen LogP contribution is 2.26. The highest BCUT2D eigenvalue weighted by molar-refractivity contribution is 5.07. The maximum absolute atomic E-state index is 5.98. The summed E-state index contributed by atoms with van der Waals surface area (Å²) in [6.07, 6.45) is 5.48. The Hall–Kier alpha value is -1.62. The maximum atomic E-state index is 5.98. The van der Waals surface area contributed by atoms with Crippen molar-refractivity contribution >= 4 is 0 Å². The molecule has 2 N–H and O–H groups in total. The molecule has 0 spiro atoms. The molecule has 5 heteroatoms. The first-order valence-corrected chi connectivity index (χ1v) is 5.15. The van der Waals surface area contributed by atoms with Crippen molar-refractivity contribution in [3.63, 3.8) is 0 Å². The minimum Gasteiger partial charge on any atom is -0.457 e. The summed E-state index contributed by atoms with van der Waals surface area (Å²) >= 11 is 0. The molecule has 0 amide bonds. The van der Waals surface area contributed by atoms with Gasteiger partial charge in [0.05, 0.1) is 6.04 Å². The Kier molecular flexibility index (Phi) is 2.78. The molecule has 1 aromatic rings. The second kappa shape index (κ2) is 4.09. The lowest BCUT2D eigenvalue weighted by Crippen LogP contribution is -2.30. The monoisotopic (exact) mass is 221 g/mol. The normalized spacial score (nSPS) is 19.6. The summed E-state index contributed by atoms with van der Waals surface area (Å²) in [5.41, 5.74) is 5.98. The van der Waals surface area contributed by atoms with Gasteiger partial charge < -0.3 is 15.2 Å². The van der Waals surface area contributed by atoms with E-state index in [1.165, 1.54) is 0 Å². The molecule has 1 aromatic heterocycles. The zero-order valence-corrected chi connectivity index (χ0v) is 9.38. The molecule has 0 saturated heterocycles. The summed E-state index contributed by atoms with van der Waals surface area (Å²) in [5, 5.41) is 0. The van der Waals surface area contributed by atoms with Gasteiger partial charge in [0.15, 0.2) is 5.76 Å². The van der Waals surface area contributed by atoms with Crippen LogP contribution in [0.2, 0.25) is 0 Å². The third-order valence-corrected chi connectivity index (χ3v) is 2.21. The Labute approximate surface area is 94.3 Å². The second-order valence-electron chi connectivity index (χ2n) is 4.12. The van der Waals surface area contributed by atoms with Gasteiger partial charge in [-0.05, 0) is 6.07 Å². The first kappa shape index (κ1) is 10.9. The van der Waals surface area contributed by atoms with Gasteiger partial charge in [-0.2, -0.15) is 0 Å². The van der Waals surface area contributed by atoms with Gasteiger partial charge in [-0.25, -0.2) is 9.97 Å². The van der Waals surface area contributed by atoms with Gasteiger partial charge in [0.25, 0.3) is 0 Å². The molecule has 0 aliphatic carbocycles. The van der Waals surface area contributed by atoms with E-state index in [2.05, 4.69) is 9.97 Å². The minimum atomic E-state index is -0.621. The van der Waals surface area contributed by atoms with Crippen LogP contribution in [0, 0.1) is 0 Å². The Morgan fingerprint density at radius 3 is 2.62 bits per heavy atom. The van der Waals surface area contributed by atoms with Gasteiger partial charge in [0, 0.05) is 32.7 Å². The van der Waals surface area contributed by atoms with E-state index in [0.717, 1.165) is 0 Å². The molecule has 0 fully saturated rings. The summed E-state index contributed by atoms with van der Waals surface area (Å²) in [5.74, 6) is 0.714. The molecule has 16 heavy (non-hydrogen) atoms. The van der Waals surface area contributed by atoms with E-state index >= 15 is 0 Å². The van der Waals surface area contributed by atoms with Gasteiger partial charge in [0.2, 0.25) is 5.79 Å². The molecule has 86 valence electrons. The van der Waals surface area contributed by atoms with E-state index in [-0.39, 0.29) is 6.04 Å². The lowest BCUT2D eigenvalue weighted by atomic mass is 10.2. The smallest absolute Gasteiger partial charge is 0.244 e. The van der Waals surface area contributed by atoms with Crippen molar-refractivity contribution in [2.24, 2.45) is 5.73 Å². The van der Waals surface area contributed by atoms with Crippen LogP contribution >= 0.6 is 0 Å². The van der Waals surface area contributed by atoms with E-state index in [1.807, 2.05) is 13.8 Å². The zero-order chi connectivity index (χ0) is 11.6. The van der Waals surface area contributed by atoms with Crippen molar-refractivity contribution in [3.05, 3.63) is 36.3 Å². The number of nitrogens with zero attached hydrogens (tertiary/aromatic N) is 2. The van der Waals surface area contributed by atoms with E-state index < -0.39 is 5.79 Å². The minimum absolute atomic E-state index is 0.274. The third kappa shape index (κ3) is 2.49. The summed E-state index contributed by atoms with van der Waals surface area (Å²) < 4.78 is 10.8. The highest BCUT2D eigenvalue weighted by atomic mass is 16.7. The Bertz CT molecular complexity index is 389. The van der Waals surface area contributed by atoms with Crippen LogP contribution in [0.1, 0.15) is 19.7 Å². The molecule has 2 heterocycles. The molecule has 0 radical (unpaired) electrons. The molecule has 0 saturated carbocycles. The number of nitrogens with two attached hydrogens (primary N) is 1. The van der Waals surface area contributed by atoms with E-state index in [9.17, 15) is 0 Å². The topological polar surface area (TPSA) is 70.3 Å². The lowest BCUT2D eigenvalue weighted by molar-refractivity contribution is -0.118. The van der Waals surface area contributed by atoms with Gasteiger partial charge in [0.1, 0.15) is 12.1 Å². The molecular weight excluding hydrogens is 206 g/mol. The van der Waals surface area contributed by atoms with Crippen molar-refractivity contribution in [2.45, 2.75) is 32.1 Å². The predicted molar refractivity (Wildman–Crippen MR) is 58.0 cm³/mol. The van der Waals surface area contributed by atoms with Gasteiger partial charge >= 0.3 is 0 Å². The standard InChI is InChI=1S/C11H15N3O2/c1-11(2)15-7-9(16-11)8(12)6-10-13-4-3-5-14-10/h3-5,7-8H,6,12H2,1-2H3/t8-/m1/s1. The van der Waals surface area contributed by atoms with Crippen LogP contribution in [-0.4, -0.2) is 21.8 Å². The Balaban J connectivity index is 1.97. The largest absolute Gasteiger partial charge is 0.457 e. The molecule has 0 unspecified atom stereocenters. The summed E-state index contributed by atoms with van der Waals surface area (Å²) in [4.78, 5) is 8.22. The number of ether oxygens (including phenoxy) is 2. The van der Waals surface area contributed by atoms with E-state index in [1.54, 1.807) is 24.7 Å². The fourth-order valence-electron chi connectivity index (χ4n) is 1.43. The fourth-order valence-corrected chi connectivity index (χ4v) is 1.43. The van der Waals surface area contributed by atoms with Crippen molar-refractivity contribution in [1.29, 1.82) is 0 Å². The van der Waals surface area contributed by atoms with Crippen LogP contribution in [0.3, 0.4) is 0 Å². The van der Waals surface area contributed by atoms with E-state index in [0.29, 0.717) is 18.0 Å². The molecule has 2 rings (SSSR count). The number of hydrogen-bond donors (Lipinski definition) is 1. The van der Waals surface area contributed by atoms with E-state index in [4.69, 9.17) is 15.2 Å². The van der Waals surface area contributed by atoms with Crippen LogP contribution < -0.4 is 5.73 Å². The van der Waals surface area contributed by atoms with Crippen molar-refractivity contribution in [3.8, 4) is 0 Å². The SMILES string of the molecule is CC1(C)OC=C([C@H](N)Cc2ncccn2)O1. The molecule has 1 aliphatic heterocycles. The van der Waals surface area contributed by atoms with Gasteiger partial charge in [-0.3, -0.25) is 0 Å². The number of hydrogen-bond acceptors (Lipinski definition) is 5. The molecule has 0 bridgehead atoms. The van der Waals surface area contributed by atoms with Crippen LogP contribution in [0.5, 0.6) is 0 Å². The summed E-state index contributed by atoms with van der Waals surface area (Å²) in [6, 6.07) is 1.50. The molecule has 5 nitrogen and oxygen atoms in total. The van der Waals surface area contributed by atoms with Crippen LogP contribution in [-0.2, 0) is 15.9 Å². The fraction of sp³-hybridized carbons (Fsp3) is 0.455. The summed E-state index contributed by atoms with van der Waals surface area (Å²) in [6.45, 7) is 3.67. The maximum Gasteiger partial charge on any atom is 0.244 e. The Morgan fingerprint density at radius 2 is 2.06 bits per heavy atom. The third-order valence-electron chi connectivity index (χ3n) is 2.21. The number of aromatic nitrogens is 2. The van der Waals surface area contributed by atoms with Crippen LogP contribution in [0.25, 0.3) is 0 Å². The predicted octanol–water partition coefficient (Wildman–Crippen LogP) is 0.971. The molecule has 1 atom stereocenters. The van der Waals surface area contributed by atoms with Crippen LogP contribution in [0.15, 0.2) is 30.5 Å². The molecule has 1 aliphatic rings. The number of rotatable bonds is 3. The zero-order valence-electron chi connectivity index (χ0n) is 9.38. The first-order valence-electron chi connectivity index (χ1n) is 5.15. The highest BCUT2D eigenvalue weighted by Gasteiger charge is 2.30. The Morgan fingerprint density at radius 1 is 1.38 bits per heavy atom.